The number of aryl methyl sites for hydroxylation is 1. The fourth-order valence-electron chi connectivity index (χ4n) is 3.21. The van der Waals surface area contributed by atoms with Gasteiger partial charge in [-0.15, -0.1) is 0 Å². The van der Waals surface area contributed by atoms with Gasteiger partial charge >= 0.3 is 0 Å². The van der Waals surface area contributed by atoms with Crippen molar-refractivity contribution in [3.63, 3.8) is 0 Å². The molecule has 7 nitrogen and oxygen atoms in total. The summed E-state index contributed by atoms with van der Waals surface area (Å²) in [5, 5.41) is 10.5. The molecule has 2 aromatic rings. The minimum Gasteiger partial charge on any atom is -0.503 e. The quantitative estimate of drug-likeness (QED) is 0.755. The number of Topliss-reactive ketones (excluding diaryl/α,β-unsaturated/α-hetero) is 1. The SMILES string of the molecule is Cc1ccc(C(=O)C2=C(O)C(=O)N(CCCN(C)C)[C@H]2c2ccccn2)o1. The summed E-state index contributed by atoms with van der Waals surface area (Å²) in [7, 11) is 3.90. The maximum absolute atomic E-state index is 13.0. The maximum atomic E-state index is 13.0. The lowest BCUT2D eigenvalue weighted by molar-refractivity contribution is -0.129. The molecule has 7 heteroatoms. The van der Waals surface area contributed by atoms with Crippen molar-refractivity contribution in [1.29, 1.82) is 0 Å². The molecule has 0 saturated carbocycles. The van der Waals surface area contributed by atoms with Gasteiger partial charge in [0.2, 0.25) is 5.78 Å². The summed E-state index contributed by atoms with van der Waals surface area (Å²) in [6, 6.07) is 7.78. The maximum Gasteiger partial charge on any atom is 0.290 e. The number of carbonyl (C=O) groups is 2. The van der Waals surface area contributed by atoms with Crippen molar-refractivity contribution in [1.82, 2.24) is 14.8 Å². The van der Waals surface area contributed by atoms with Crippen LogP contribution < -0.4 is 0 Å². The van der Waals surface area contributed by atoms with Crippen molar-refractivity contribution in [3.05, 3.63) is 65.1 Å². The number of rotatable bonds is 7. The summed E-state index contributed by atoms with van der Waals surface area (Å²) in [5.74, 6) is -0.914. The molecular weight excluding hydrogens is 346 g/mol. The molecule has 0 aromatic carbocycles. The highest BCUT2D eigenvalue weighted by Crippen LogP contribution is 2.38. The third kappa shape index (κ3) is 3.78. The molecule has 0 radical (unpaired) electrons. The Hall–Kier alpha value is -2.93. The van der Waals surface area contributed by atoms with E-state index in [4.69, 9.17) is 4.42 Å². The van der Waals surface area contributed by atoms with Gasteiger partial charge < -0.3 is 19.3 Å². The summed E-state index contributed by atoms with van der Waals surface area (Å²) >= 11 is 0. The van der Waals surface area contributed by atoms with Crippen LogP contribution in [-0.4, -0.2) is 58.8 Å². The molecule has 1 aliphatic rings. The summed E-state index contributed by atoms with van der Waals surface area (Å²) in [6.45, 7) is 2.91. The Morgan fingerprint density at radius 3 is 2.67 bits per heavy atom. The molecule has 1 amide bonds. The molecule has 0 saturated heterocycles. The van der Waals surface area contributed by atoms with Crippen molar-refractivity contribution in [2.24, 2.45) is 0 Å². The fraction of sp³-hybridized carbons (Fsp3) is 0.350. The van der Waals surface area contributed by atoms with Crippen molar-refractivity contribution in [2.45, 2.75) is 19.4 Å². The predicted octanol–water partition coefficient (Wildman–Crippen LogP) is 2.51. The number of aliphatic hydroxyl groups excluding tert-OH is 1. The number of hydrogen-bond donors (Lipinski definition) is 1. The smallest absolute Gasteiger partial charge is 0.290 e. The fourth-order valence-corrected chi connectivity index (χ4v) is 3.21. The lowest BCUT2D eigenvalue weighted by Crippen LogP contribution is -2.33. The Morgan fingerprint density at radius 2 is 2.07 bits per heavy atom. The van der Waals surface area contributed by atoms with Gasteiger partial charge in [0, 0.05) is 12.7 Å². The van der Waals surface area contributed by atoms with Crippen LogP contribution in [0.4, 0.5) is 0 Å². The molecule has 1 N–H and O–H groups in total. The number of furan rings is 1. The molecule has 3 heterocycles. The number of hydrogen-bond acceptors (Lipinski definition) is 6. The number of amides is 1. The summed E-state index contributed by atoms with van der Waals surface area (Å²) in [6.07, 6.45) is 2.31. The molecule has 1 atom stereocenters. The number of carbonyl (C=O) groups excluding carboxylic acids is 2. The number of aliphatic hydroxyl groups is 1. The van der Waals surface area contributed by atoms with E-state index in [1.54, 1.807) is 43.5 Å². The highest BCUT2D eigenvalue weighted by molar-refractivity contribution is 6.14. The molecule has 2 aromatic heterocycles. The van der Waals surface area contributed by atoms with Gasteiger partial charge in [0.05, 0.1) is 11.3 Å². The molecule has 0 bridgehead atoms. The van der Waals surface area contributed by atoms with Crippen LogP contribution in [0.5, 0.6) is 0 Å². The van der Waals surface area contributed by atoms with Crippen LogP contribution in [0.15, 0.2) is 52.3 Å². The van der Waals surface area contributed by atoms with E-state index in [9.17, 15) is 14.7 Å². The first-order valence-corrected chi connectivity index (χ1v) is 8.81. The molecule has 142 valence electrons. The Morgan fingerprint density at radius 1 is 1.30 bits per heavy atom. The first kappa shape index (κ1) is 18.8. The molecule has 0 unspecified atom stereocenters. The van der Waals surface area contributed by atoms with Crippen molar-refractivity contribution < 1.29 is 19.1 Å². The third-order valence-corrected chi connectivity index (χ3v) is 4.48. The van der Waals surface area contributed by atoms with E-state index in [0.717, 1.165) is 6.54 Å². The van der Waals surface area contributed by atoms with E-state index in [2.05, 4.69) is 4.98 Å². The van der Waals surface area contributed by atoms with Gasteiger partial charge in [0.25, 0.3) is 5.91 Å². The topological polar surface area (TPSA) is 86.9 Å². The average Bonchev–Trinajstić information content (AvgIpc) is 3.18. The minimum atomic E-state index is -0.737. The Balaban J connectivity index is 1.98. The zero-order valence-corrected chi connectivity index (χ0v) is 15.7. The predicted molar refractivity (Wildman–Crippen MR) is 99.3 cm³/mol. The first-order valence-electron chi connectivity index (χ1n) is 8.81. The Labute approximate surface area is 157 Å². The number of pyridine rings is 1. The Kier molecular flexibility index (Phi) is 5.41. The van der Waals surface area contributed by atoms with E-state index < -0.39 is 23.5 Å². The van der Waals surface area contributed by atoms with Gasteiger partial charge in [0.1, 0.15) is 11.8 Å². The highest BCUT2D eigenvalue weighted by Gasteiger charge is 2.44. The van der Waals surface area contributed by atoms with Crippen molar-refractivity contribution in [2.75, 3.05) is 27.2 Å². The standard InChI is InChI=1S/C20H23N3O4/c1-13-8-9-15(27-13)18(24)16-17(14-7-4-5-10-21-14)23(20(26)19(16)25)12-6-11-22(2)3/h4-5,7-10,17,25H,6,11-12H2,1-3H3/t17-/m0/s1. The molecule has 1 aliphatic heterocycles. The van der Waals surface area contributed by atoms with E-state index in [1.807, 2.05) is 19.0 Å². The van der Waals surface area contributed by atoms with E-state index in [-0.39, 0.29) is 11.3 Å². The summed E-state index contributed by atoms with van der Waals surface area (Å²) in [4.78, 5) is 33.6. The zero-order chi connectivity index (χ0) is 19.6. The minimum absolute atomic E-state index is 0.0119. The van der Waals surface area contributed by atoms with E-state index in [0.29, 0.717) is 24.4 Å². The van der Waals surface area contributed by atoms with Crippen LogP contribution in [0.25, 0.3) is 0 Å². The van der Waals surface area contributed by atoms with Crippen molar-refractivity contribution in [3.8, 4) is 0 Å². The lowest BCUT2D eigenvalue weighted by Gasteiger charge is -2.26. The van der Waals surface area contributed by atoms with Gasteiger partial charge in [-0.2, -0.15) is 0 Å². The summed E-state index contributed by atoms with van der Waals surface area (Å²) < 4.78 is 5.42. The number of aromatic nitrogens is 1. The van der Waals surface area contributed by atoms with Crippen LogP contribution in [0.2, 0.25) is 0 Å². The monoisotopic (exact) mass is 369 g/mol. The third-order valence-electron chi connectivity index (χ3n) is 4.48. The van der Waals surface area contributed by atoms with E-state index >= 15 is 0 Å². The lowest BCUT2D eigenvalue weighted by atomic mass is 9.98. The molecular formula is C20H23N3O4. The van der Waals surface area contributed by atoms with Gasteiger partial charge in [-0.1, -0.05) is 6.07 Å². The van der Waals surface area contributed by atoms with Crippen LogP contribution in [-0.2, 0) is 4.79 Å². The van der Waals surface area contributed by atoms with Gasteiger partial charge in [0.15, 0.2) is 11.5 Å². The zero-order valence-electron chi connectivity index (χ0n) is 15.7. The molecule has 27 heavy (non-hydrogen) atoms. The van der Waals surface area contributed by atoms with Gasteiger partial charge in [-0.05, 0) is 58.3 Å². The molecule has 0 spiro atoms. The van der Waals surface area contributed by atoms with Crippen LogP contribution in [0, 0.1) is 6.92 Å². The molecule has 3 rings (SSSR count). The second-order valence-electron chi connectivity index (χ2n) is 6.81. The van der Waals surface area contributed by atoms with Crippen LogP contribution in [0.1, 0.15) is 34.5 Å². The van der Waals surface area contributed by atoms with Crippen molar-refractivity contribution >= 4 is 11.7 Å². The average molecular weight is 369 g/mol. The second kappa shape index (κ2) is 7.75. The van der Waals surface area contributed by atoms with Crippen LogP contribution in [0.3, 0.4) is 0 Å². The van der Waals surface area contributed by atoms with Crippen LogP contribution >= 0.6 is 0 Å². The Bertz CT molecular complexity index is 870. The van der Waals surface area contributed by atoms with Gasteiger partial charge in [-0.25, -0.2) is 0 Å². The second-order valence-corrected chi connectivity index (χ2v) is 6.81. The first-order chi connectivity index (χ1) is 12.9. The highest BCUT2D eigenvalue weighted by atomic mass is 16.3. The molecule has 0 aliphatic carbocycles. The van der Waals surface area contributed by atoms with Gasteiger partial charge in [-0.3, -0.25) is 14.6 Å². The molecule has 0 fully saturated rings. The number of ketones is 1. The summed E-state index contributed by atoms with van der Waals surface area (Å²) in [5.41, 5.74) is 0.546. The number of nitrogens with zero attached hydrogens (tertiary/aromatic N) is 3. The largest absolute Gasteiger partial charge is 0.503 e. The van der Waals surface area contributed by atoms with E-state index in [1.165, 1.54) is 4.90 Å². The normalized spacial score (nSPS) is 17.3.